The number of nitrogens with zero attached hydrogens (tertiary/aromatic N) is 1. The van der Waals surface area contributed by atoms with Crippen LogP contribution in [-0.2, 0) is 0 Å². The maximum absolute atomic E-state index is 6.37. The number of benzene rings is 2. The molecule has 0 bridgehead atoms. The van der Waals surface area contributed by atoms with E-state index < -0.39 is 0 Å². The highest BCUT2D eigenvalue weighted by atomic mass is 35.5. The van der Waals surface area contributed by atoms with Crippen molar-refractivity contribution in [2.45, 2.75) is 0 Å². The van der Waals surface area contributed by atoms with Crippen molar-refractivity contribution in [1.82, 2.24) is 4.98 Å². The van der Waals surface area contributed by atoms with E-state index in [1.54, 1.807) is 12.4 Å². The summed E-state index contributed by atoms with van der Waals surface area (Å²) in [7, 11) is 0. The third kappa shape index (κ3) is 1.21. The van der Waals surface area contributed by atoms with E-state index in [0.717, 1.165) is 32.7 Å². The van der Waals surface area contributed by atoms with Crippen LogP contribution >= 0.6 is 11.6 Å². The Kier molecular flexibility index (Phi) is 1.91. The van der Waals surface area contributed by atoms with Gasteiger partial charge in [-0.25, -0.2) is 0 Å². The number of aromatic nitrogens is 1. The summed E-state index contributed by atoms with van der Waals surface area (Å²) < 4.78 is 5.92. The lowest BCUT2D eigenvalue weighted by Gasteiger charge is -2.00. The molecule has 0 unspecified atom stereocenters. The van der Waals surface area contributed by atoms with Crippen molar-refractivity contribution in [3.8, 4) is 0 Å². The average molecular weight is 254 g/mol. The van der Waals surface area contributed by atoms with Crippen LogP contribution in [0.5, 0.6) is 0 Å². The second-order valence-electron chi connectivity index (χ2n) is 4.26. The maximum Gasteiger partial charge on any atom is 0.144 e. The molecule has 0 fully saturated rings. The van der Waals surface area contributed by atoms with Gasteiger partial charge in [-0.1, -0.05) is 35.9 Å². The van der Waals surface area contributed by atoms with E-state index >= 15 is 0 Å². The van der Waals surface area contributed by atoms with Gasteiger partial charge in [0.15, 0.2) is 0 Å². The fourth-order valence-corrected chi connectivity index (χ4v) is 2.71. The summed E-state index contributed by atoms with van der Waals surface area (Å²) in [4.78, 5) is 4.14. The van der Waals surface area contributed by atoms with Crippen LogP contribution in [0.1, 0.15) is 0 Å². The molecule has 0 saturated heterocycles. The lowest BCUT2D eigenvalue weighted by molar-refractivity contribution is 0.672. The highest BCUT2D eigenvalue weighted by Crippen LogP contribution is 2.38. The molecule has 0 N–H and O–H groups in total. The number of hydrogen-bond donors (Lipinski definition) is 0. The summed E-state index contributed by atoms with van der Waals surface area (Å²) >= 11 is 6.37. The Balaban J connectivity index is 2.38. The summed E-state index contributed by atoms with van der Waals surface area (Å²) in [6, 6.07) is 11.9. The van der Waals surface area contributed by atoms with E-state index in [-0.39, 0.29) is 0 Å². The number of fused-ring (bicyclic) bond motifs is 5. The molecule has 0 amide bonds. The number of halogens is 1. The molecule has 2 heterocycles. The Morgan fingerprint density at radius 3 is 2.89 bits per heavy atom. The molecule has 0 radical (unpaired) electrons. The zero-order chi connectivity index (χ0) is 12.1. The third-order valence-electron chi connectivity index (χ3n) is 3.22. The molecular formula is C15H8ClNO. The van der Waals surface area contributed by atoms with Crippen molar-refractivity contribution in [3.05, 3.63) is 53.8 Å². The summed E-state index contributed by atoms with van der Waals surface area (Å²) in [6.45, 7) is 0. The zero-order valence-electron chi connectivity index (χ0n) is 9.35. The Labute approximate surface area is 108 Å². The van der Waals surface area contributed by atoms with Crippen molar-refractivity contribution in [2.75, 3.05) is 0 Å². The number of rotatable bonds is 0. The van der Waals surface area contributed by atoms with Crippen LogP contribution < -0.4 is 0 Å². The van der Waals surface area contributed by atoms with Gasteiger partial charge in [0.05, 0.1) is 5.02 Å². The predicted molar refractivity (Wildman–Crippen MR) is 74.0 cm³/mol. The third-order valence-corrected chi connectivity index (χ3v) is 3.51. The predicted octanol–water partition coefficient (Wildman–Crippen LogP) is 4.79. The summed E-state index contributed by atoms with van der Waals surface area (Å²) in [6.07, 6.45) is 3.52. The molecule has 0 aliphatic carbocycles. The van der Waals surface area contributed by atoms with Crippen LogP contribution in [0, 0.1) is 0 Å². The van der Waals surface area contributed by atoms with Gasteiger partial charge in [0.2, 0.25) is 0 Å². The molecule has 18 heavy (non-hydrogen) atoms. The molecule has 86 valence electrons. The van der Waals surface area contributed by atoms with E-state index in [0.29, 0.717) is 5.02 Å². The minimum atomic E-state index is 0.704. The van der Waals surface area contributed by atoms with Crippen molar-refractivity contribution < 1.29 is 4.42 Å². The minimum Gasteiger partial charge on any atom is -0.455 e. The van der Waals surface area contributed by atoms with Crippen LogP contribution in [0.2, 0.25) is 5.02 Å². The standard InChI is InChI=1S/C15H8ClNO/c16-12-7-9-3-1-2-4-10(9)15-14(12)11-8-17-6-5-13(11)18-15/h1-8H. The smallest absolute Gasteiger partial charge is 0.144 e. The molecule has 0 atom stereocenters. The fourth-order valence-electron chi connectivity index (χ4n) is 2.41. The normalized spacial score (nSPS) is 11.6. The van der Waals surface area contributed by atoms with E-state index in [2.05, 4.69) is 4.98 Å². The van der Waals surface area contributed by atoms with E-state index in [9.17, 15) is 0 Å². The van der Waals surface area contributed by atoms with Crippen LogP contribution in [0.15, 0.2) is 53.2 Å². The topological polar surface area (TPSA) is 26.0 Å². The molecule has 0 aliphatic heterocycles. The van der Waals surface area contributed by atoms with Crippen LogP contribution in [-0.4, -0.2) is 4.98 Å². The van der Waals surface area contributed by atoms with Crippen LogP contribution in [0.3, 0.4) is 0 Å². The molecule has 0 aliphatic rings. The number of hydrogen-bond acceptors (Lipinski definition) is 2. The van der Waals surface area contributed by atoms with E-state index in [4.69, 9.17) is 16.0 Å². The van der Waals surface area contributed by atoms with E-state index in [1.807, 2.05) is 36.4 Å². The second kappa shape index (κ2) is 3.47. The van der Waals surface area contributed by atoms with Gasteiger partial charge in [0, 0.05) is 28.6 Å². The van der Waals surface area contributed by atoms with Crippen molar-refractivity contribution in [1.29, 1.82) is 0 Å². The van der Waals surface area contributed by atoms with Crippen molar-refractivity contribution in [2.24, 2.45) is 0 Å². The number of furan rings is 1. The van der Waals surface area contributed by atoms with Gasteiger partial charge >= 0.3 is 0 Å². The van der Waals surface area contributed by atoms with Crippen LogP contribution in [0.25, 0.3) is 32.7 Å². The Morgan fingerprint density at radius 2 is 1.94 bits per heavy atom. The van der Waals surface area contributed by atoms with Crippen LogP contribution in [0.4, 0.5) is 0 Å². The molecule has 3 heteroatoms. The fraction of sp³-hybridized carbons (Fsp3) is 0. The summed E-state index contributed by atoms with van der Waals surface area (Å²) in [5.74, 6) is 0. The largest absolute Gasteiger partial charge is 0.455 e. The highest BCUT2D eigenvalue weighted by molar-refractivity contribution is 6.39. The second-order valence-corrected chi connectivity index (χ2v) is 4.66. The lowest BCUT2D eigenvalue weighted by atomic mass is 10.1. The quantitative estimate of drug-likeness (QED) is 0.450. The van der Waals surface area contributed by atoms with Gasteiger partial charge < -0.3 is 4.42 Å². The first-order valence-electron chi connectivity index (χ1n) is 5.68. The van der Waals surface area contributed by atoms with Crippen molar-refractivity contribution >= 4 is 44.3 Å². The van der Waals surface area contributed by atoms with Gasteiger partial charge in [-0.2, -0.15) is 0 Å². The van der Waals surface area contributed by atoms with Gasteiger partial charge in [-0.3, -0.25) is 4.98 Å². The molecule has 0 saturated carbocycles. The molecule has 2 aromatic heterocycles. The molecule has 4 rings (SSSR count). The minimum absolute atomic E-state index is 0.704. The zero-order valence-corrected chi connectivity index (χ0v) is 10.1. The molecular weight excluding hydrogens is 246 g/mol. The van der Waals surface area contributed by atoms with Gasteiger partial charge in [0.25, 0.3) is 0 Å². The molecule has 0 spiro atoms. The average Bonchev–Trinajstić information content (AvgIpc) is 2.79. The number of pyridine rings is 1. The van der Waals surface area contributed by atoms with Gasteiger partial charge in [-0.05, 0) is 17.5 Å². The first kappa shape index (κ1) is 9.92. The van der Waals surface area contributed by atoms with Crippen molar-refractivity contribution in [3.63, 3.8) is 0 Å². The SMILES string of the molecule is Clc1cc2ccccc2c2oc3ccncc3c12. The van der Waals surface area contributed by atoms with Gasteiger partial charge in [0.1, 0.15) is 11.2 Å². The first-order chi connectivity index (χ1) is 8.84. The highest BCUT2D eigenvalue weighted by Gasteiger charge is 2.13. The molecule has 2 nitrogen and oxygen atoms in total. The molecule has 4 aromatic rings. The van der Waals surface area contributed by atoms with E-state index in [1.165, 1.54) is 0 Å². The van der Waals surface area contributed by atoms with Gasteiger partial charge in [-0.15, -0.1) is 0 Å². The Morgan fingerprint density at radius 1 is 1.06 bits per heavy atom. The summed E-state index contributed by atoms with van der Waals surface area (Å²) in [5, 5.41) is 4.77. The summed E-state index contributed by atoms with van der Waals surface area (Å²) in [5.41, 5.74) is 1.65. The Hall–Kier alpha value is -2.06. The maximum atomic E-state index is 6.37. The lowest BCUT2D eigenvalue weighted by Crippen LogP contribution is -1.75. The first-order valence-corrected chi connectivity index (χ1v) is 6.06. The monoisotopic (exact) mass is 253 g/mol. The Bertz CT molecular complexity index is 895. The molecule has 2 aromatic carbocycles.